The first-order chi connectivity index (χ1) is 16.8. The second kappa shape index (κ2) is 10.3. The Bertz CT molecular complexity index is 1330. The minimum Gasteiger partial charge on any atom is -0.327 e. The fourth-order valence-electron chi connectivity index (χ4n) is 3.70. The molecule has 0 spiro atoms. The average molecular weight is 471 g/mol. The molecule has 1 heterocycles. The first kappa shape index (κ1) is 23.9. The number of aryl methyl sites for hydroxylation is 1. The van der Waals surface area contributed by atoms with Crippen molar-refractivity contribution in [1.82, 2.24) is 14.5 Å². The number of halogens is 1. The van der Waals surface area contributed by atoms with Crippen LogP contribution in [0.2, 0.25) is 0 Å². The van der Waals surface area contributed by atoms with E-state index < -0.39 is 5.91 Å². The molecule has 2 amide bonds. The highest BCUT2D eigenvalue weighted by Crippen LogP contribution is 2.25. The molecule has 4 aromatic rings. The van der Waals surface area contributed by atoms with Gasteiger partial charge in [0.2, 0.25) is 11.9 Å². The number of rotatable bonds is 7. The van der Waals surface area contributed by atoms with Gasteiger partial charge in [-0.05, 0) is 50.6 Å². The van der Waals surface area contributed by atoms with Gasteiger partial charge in [-0.1, -0.05) is 54.6 Å². The fraction of sp³-hybridized carbons (Fsp3) is 0.179. The molecule has 1 N–H and O–H groups in total. The standard InChI is InChI=1S/C28H27FN4O2/c1-19(2)32(27(35)22-12-8-5-9-13-22)18-26(34)31-28-30-25(21-10-6-4-7-11-21)17-33(28)23-15-14-20(3)24(29)16-23/h4-17,19H,18H2,1-3H3,(H,30,31,34). The van der Waals surface area contributed by atoms with E-state index in [2.05, 4.69) is 10.3 Å². The Morgan fingerprint density at radius 2 is 1.66 bits per heavy atom. The van der Waals surface area contributed by atoms with Crippen molar-refractivity contribution in [1.29, 1.82) is 0 Å². The Balaban J connectivity index is 1.64. The van der Waals surface area contributed by atoms with Crippen LogP contribution >= 0.6 is 0 Å². The lowest BCUT2D eigenvalue weighted by Crippen LogP contribution is -2.42. The topological polar surface area (TPSA) is 67.2 Å². The third-order valence-electron chi connectivity index (χ3n) is 5.68. The Morgan fingerprint density at radius 1 is 1.00 bits per heavy atom. The van der Waals surface area contributed by atoms with Gasteiger partial charge in [0.1, 0.15) is 12.4 Å². The Kier molecular flexibility index (Phi) is 7.06. The molecule has 0 radical (unpaired) electrons. The van der Waals surface area contributed by atoms with E-state index >= 15 is 0 Å². The van der Waals surface area contributed by atoms with Gasteiger partial charge in [0.25, 0.3) is 5.91 Å². The van der Waals surface area contributed by atoms with E-state index in [9.17, 15) is 14.0 Å². The molecule has 0 bridgehead atoms. The lowest BCUT2D eigenvalue weighted by Gasteiger charge is -2.26. The summed E-state index contributed by atoms with van der Waals surface area (Å²) in [6, 6.07) is 23.0. The molecule has 0 fully saturated rings. The summed E-state index contributed by atoms with van der Waals surface area (Å²) in [6.07, 6.45) is 1.75. The van der Waals surface area contributed by atoms with Crippen molar-refractivity contribution in [3.63, 3.8) is 0 Å². The smallest absolute Gasteiger partial charge is 0.254 e. The van der Waals surface area contributed by atoms with Crippen LogP contribution in [0.15, 0.2) is 85.1 Å². The lowest BCUT2D eigenvalue weighted by atomic mass is 10.1. The number of hydrogen-bond donors (Lipinski definition) is 1. The van der Waals surface area contributed by atoms with Crippen molar-refractivity contribution in [3.05, 3.63) is 102 Å². The number of anilines is 1. The maximum Gasteiger partial charge on any atom is 0.254 e. The lowest BCUT2D eigenvalue weighted by molar-refractivity contribution is -0.117. The van der Waals surface area contributed by atoms with Crippen LogP contribution in [-0.4, -0.2) is 38.9 Å². The van der Waals surface area contributed by atoms with Crippen LogP contribution in [0.5, 0.6) is 0 Å². The summed E-state index contributed by atoms with van der Waals surface area (Å²) in [7, 11) is 0. The van der Waals surface area contributed by atoms with Crippen molar-refractivity contribution >= 4 is 17.8 Å². The number of aromatic nitrogens is 2. The molecule has 0 unspecified atom stereocenters. The van der Waals surface area contributed by atoms with Gasteiger partial charge >= 0.3 is 0 Å². The molecule has 0 atom stereocenters. The van der Waals surface area contributed by atoms with Crippen LogP contribution in [0, 0.1) is 12.7 Å². The highest BCUT2D eigenvalue weighted by atomic mass is 19.1. The van der Waals surface area contributed by atoms with Gasteiger partial charge in [0.05, 0.1) is 11.4 Å². The van der Waals surface area contributed by atoms with Crippen LogP contribution in [0.4, 0.5) is 10.3 Å². The SMILES string of the molecule is Cc1ccc(-n2cc(-c3ccccc3)nc2NC(=O)CN(C(=O)c2ccccc2)C(C)C)cc1F. The zero-order chi connectivity index (χ0) is 24.9. The molecule has 1 aromatic heterocycles. The van der Waals surface area contributed by atoms with E-state index in [0.29, 0.717) is 22.5 Å². The Labute approximate surface area is 204 Å². The van der Waals surface area contributed by atoms with Crippen LogP contribution in [-0.2, 0) is 4.79 Å². The van der Waals surface area contributed by atoms with Crippen molar-refractivity contribution in [2.45, 2.75) is 26.8 Å². The zero-order valence-electron chi connectivity index (χ0n) is 19.9. The van der Waals surface area contributed by atoms with E-state index in [0.717, 1.165) is 5.56 Å². The number of imidazole rings is 1. The van der Waals surface area contributed by atoms with Gasteiger partial charge in [-0.2, -0.15) is 0 Å². The largest absolute Gasteiger partial charge is 0.327 e. The van der Waals surface area contributed by atoms with Crippen molar-refractivity contribution in [2.24, 2.45) is 0 Å². The summed E-state index contributed by atoms with van der Waals surface area (Å²) in [4.78, 5) is 32.2. The minimum atomic E-state index is -0.401. The third-order valence-corrected chi connectivity index (χ3v) is 5.68. The second-order valence-corrected chi connectivity index (χ2v) is 8.56. The summed E-state index contributed by atoms with van der Waals surface area (Å²) in [5, 5.41) is 2.82. The molecule has 0 saturated heterocycles. The maximum atomic E-state index is 14.3. The molecule has 0 saturated carbocycles. The molecule has 0 aliphatic heterocycles. The van der Waals surface area contributed by atoms with E-state index in [1.54, 1.807) is 54.1 Å². The summed E-state index contributed by atoms with van der Waals surface area (Å²) < 4.78 is 16.0. The first-order valence-corrected chi connectivity index (χ1v) is 11.4. The van der Waals surface area contributed by atoms with Crippen LogP contribution in [0.1, 0.15) is 29.8 Å². The van der Waals surface area contributed by atoms with Gasteiger partial charge in [0.15, 0.2) is 0 Å². The zero-order valence-corrected chi connectivity index (χ0v) is 19.9. The summed E-state index contributed by atoms with van der Waals surface area (Å²) >= 11 is 0. The van der Waals surface area contributed by atoms with Crippen molar-refractivity contribution < 1.29 is 14.0 Å². The minimum absolute atomic E-state index is 0.152. The fourth-order valence-corrected chi connectivity index (χ4v) is 3.70. The molecular formula is C28H27FN4O2. The summed E-state index contributed by atoms with van der Waals surface area (Å²) in [5.74, 6) is -0.742. The summed E-state index contributed by atoms with van der Waals surface area (Å²) in [6.45, 7) is 5.26. The quantitative estimate of drug-likeness (QED) is 0.389. The predicted molar refractivity (Wildman–Crippen MR) is 135 cm³/mol. The number of benzene rings is 3. The van der Waals surface area contributed by atoms with Gasteiger partial charge < -0.3 is 4.90 Å². The van der Waals surface area contributed by atoms with Crippen LogP contribution in [0.3, 0.4) is 0 Å². The molecule has 35 heavy (non-hydrogen) atoms. The van der Waals surface area contributed by atoms with E-state index in [-0.39, 0.29) is 30.3 Å². The van der Waals surface area contributed by atoms with E-state index in [4.69, 9.17) is 0 Å². The maximum absolute atomic E-state index is 14.3. The molecule has 6 nitrogen and oxygen atoms in total. The normalized spacial score (nSPS) is 10.9. The number of carbonyl (C=O) groups is 2. The Morgan fingerprint density at radius 3 is 2.29 bits per heavy atom. The predicted octanol–water partition coefficient (Wildman–Crippen LogP) is 5.48. The van der Waals surface area contributed by atoms with Crippen LogP contribution in [0.25, 0.3) is 16.9 Å². The third kappa shape index (κ3) is 5.46. The molecule has 0 aliphatic rings. The molecule has 0 aliphatic carbocycles. The van der Waals surface area contributed by atoms with Gasteiger partial charge in [-0.25, -0.2) is 9.37 Å². The first-order valence-electron chi connectivity index (χ1n) is 11.4. The highest BCUT2D eigenvalue weighted by molar-refractivity contribution is 5.99. The van der Waals surface area contributed by atoms with Crippen LogP contribution < -0.4 is 5.32 Å². The molecule has 7 heteroatoms. The molecular weight excluding hydrogens is 443 g/mol. The number of nitrogens with one attached hydrogen (secondary N) is 1. The highest BCUT2D eigenvalue weighted by Gasteiger charge is 2.23. The molecule has 178 valence electrons. The van der Waals surface area contributed by atoms with Gasteiger partial charge in [0, 0.05) is 23.4 Å². The average Bonchev–Trinajstić information content (AvgIpc) is 3.28. The Hall–Kier alpha value is -4.26. The van der Waals surface area contributed by atoms with E-state index in [1.807, 2.05) is 50.2 Å². The monoisotopic (exact) mass is 470 g/mol. The van der Waals surface area contributed by atoms with Gasteiger partial charge in [-0.3, -0.25) is 19.5 Å². The second-order valence-electron chi connectivity index (χ2n) is 8.56. The number of carbonyl (C=O) groups excluding carboxylic acids is 2. The number of nitrogens with zero attached hydrogens (tertiary/aromatic N) is 3. The molecule has 3 aromatic carbocycles. The molecule has 4 rings (SSSR count). The van der Waals surface area contributed by atoms with Gasteiger partial charge in [-0.15, -0.1) is 0 Å². The van der Waals surface area contributed by atoms with Crippen molar-refractivity contribution in [2.75, 3.05) is 11.9 Å². The van der Waals surface area contributed by atoms with Crippen molar-refractivity contribution in [3.8, 4) is 16.9 Å². The number of amides is 2. The number of hydrogen-bond acceptors (Lipinski definition) is 3. The summed E-state index contributed by atoms with van der Waals surface area (Å²) in [5.41, 5.74) is 3.05. The van der Waals surface area contributed by atoms with E-state index in [1.165, 1.54) is 11.0 Å².